The first-order valence-corrected chi connectivity index (χ1v) is 9.03. The van der Waals surface area contributed by atoms with E-state index in [0.717, 1.165) is 5.56 Å². The van der Waals surface area contributed by atoms with Gasteiger partial charge in [-0.1, -0.05) is 42.5 Å². The number of nitrogens with zero attached hydrogens (tertiary/aromatic N) is 1. The lowest BCUT2D eigenvalue weighted by Gasteiger charge is -2.08. The molecule has 29 heavy (non-hydrogen) atoms. The summed E-state index contributed by atoms with van der Waals surface area (Å²) < 4.78 is 5.36. The molecule has 0 bridgehead atoms. The highest BCUT2D eigenvalue weighted by Gasteiger charge is 2.09. The molecule has 0 spiro atoms. The molecule has 0 aliphatic carbocycles. The Morgan fingerprint density at radius 2 is 1.76 bits per heavy atom. The molecule has 0 heterocycles. The van der Waals surface area contributed by atoms with Gasteiger partial charge in [-0.15, -0.1) is 0 Å². The van der Waals surface area contributed by atoms with Crippen LogP contribution in [0.25, 0.3) is 0 Å². The predicted octanol–water partition coefficient (Wildman–Crippen LogP) is 1.88. The van der Waals surface area contributed by atoms with Crippen molar-refractivity contribution < 1.29 is 24.2 Å². The average molecular weight is 397 g/mol. The van der Waals surface area contributed by atoms with E-state index in [1.807, 2.05) is 25.1 Å². The van der Waals surface area contributed by atoms with Crippen LogP contribution in [-0.2, 0) is 14.4 Å². The summed E-state index contributed by atoms with van der Waals surface area (Å²) in [5.74, 6) is -1.36. The molecule has 0 aliphatic rings. The van der Waals surface area contributed by atoms with E-state index >= 15 is 0 Å². The molecule has 0 fully saturated rings. The van der Waals surface area contributed by atoms with Crippen LogP contribution in [0.3, 0.4) is 0 Å². The van der Waals surface area contributed by atoms with Gasteiger partial charge < -0.3 is 15.2 Å². The molecule has 0 saturated heterocycles. The van der Waals surface area contributed by atoms with Crippen LogP contribution in [-0.4, -0.2) is 41.8 Å². The molecule has 3 N–H and O–H groups in total. The van der Waals surface area contributed by atoms with Gasteiger partial charge in [-0.05, 0) is 30.2 Å². The van der Waals surface area contributed by atoms with E-state index in [1.165, 1.54) is 0 Å². The fourth-order valence-electron chi connectivity index (χ4n) is 2.37. The second-order valence-electron chi connectivity index (χ2n) is 6.24. The highest BCUT2D eigenvalue weighted by molar-refractivity contribution is 6.02. The van der Waals surface area contributed by atoms with E-state index in [0.29, 0.717) is 17.0 Å². The van der Waals surface area contributed by atoms with Crippen LogP contribution >= 0.6 is 0 Å². The number of hydrogen-bond acceptors (Lipinski definition) is 5. The van der Waals surface area contributed by atoms with Gasteiger partial charge in [-0.2, -0.15) is 5.10 Å². The SMILES string of the molecule is Cc1cccc(OCC(=O)NCC(=O)N/N=C(/CCC(=O)O)c2ccccc2)c1. The lowest BCUT2D eigenvalue weighted by Crippen LogP contribution is -2.37. The molecule has 2 amide bonds. The van der Waals surface area contributed by atoms with E-state index < -0.39 is 17.8 Å². The van der Waals surface area contributed by atoms with E-state index in [2.05, 4.69) is 15.8 Å². The third kappa shape index (κ3) is 8.25. The summed E-state index contributed by atoms with van der Waals surface area (Å²) in [6.07, 6.45) is 0.0486. The van der Waals surface area contributed by atoms with Gasteiger partial charge in [0.2, 0.25) is 0 Å². The van der Waals surface area contributed by atoms with Crippen LogP contribution in [0.1, 0.15) is 24.0 Å². The third-order valence-corrected chi connectivity index (χ3v) is 3.80. The van der Waals surface area contributed by atoms with E-state index in [9.17, 15) is 14.4 Å². The normalized spacial score (nSPS) is 10.9. The first-order chi connectivity index (χ1) is 13.9. The average Bonchev–Trinajstić information content (AvgIpc) is 2.71. The van der Waals surface area contributed by atoms with Crippen molar-refractivity contribution >= 4 is 23.5 Å². The number of aryl methyl sites for hydroxylation is 1. The van der Waals surface area contributed by atoms with Gasteiger partial charge in [0.15, 0.2) is 6.61 Å². The van der Waals surface area contributed by atoms with Crippen molar-refractivity contribution in [1.82, 2.24) is 10.7 Å². The molecule has 0 aromatic heterocycles. The van der Waals surface area contributed by atoms with Crippen LogP contribution < -0.4 is 15.5 Å². The van der Waals surface area contributed by atoms with Crippen LogP contribution in [0, 0.1) is 6.92 Å². The van der Waals surface area contributed by atoms with Crippen molar-refractivity contribution in [3.63, 3.8) is 0 Å². The smallest absolute Gasteiger partial charge is 0.303 e. The van der Waals surface area contributed by atoms with Gasteiger partial charge in [-0.25, -0.2) is 5.43 Å². The summed E-state index contributed by atoms with van der Waals surface area (Å²) in [5, 5.41) is 15.3. The number of benzene rings is 2. The Kier molecular flexibility index (Phi) is 8.37. The second-order valence-corrected chi connectivity index (χ2v) is 6.24. The zero-order chi connectivity index (χ0) is 21.1. The fraction of sp³-hybridized carbons (Fsp3) is 0.238. The zero-order valence-electron chi connectivity index (χ0n) is 16.1. The van der Waals surface area contributed by atoms with Crippen LogP contribution in [0.5, 0.6) is 5.75 Å². The van der Waals surface area contributed by atoms with Crippen LogP contribution in [0.2, 0.25) is 0 Å². The van der Waals surface area contributed by atoms with Gasteiger partial charge in [0.1, 0.15) is 5.75 Å². The van der Waals surface area contributed by atoms with Gasteiger partial charge in [-0.3, -0.25) is 14.4 Å². The predicted molar refractivity (Wildman–Crippen MR) is 108 cm³/mol. The number of carboxylic acids is 1. The van der Waals surface area contributed by atoms with Crippen LogP contribution in [0.15, 0.2) is 59.7 Å². The second kappa shape index (κ2) is 11.2. The summed E-state index contributed by atoms with van der Waals surface area (Å²) in [4.78, 5) is 34.6. The molecule has 2 aromatic carbocycles. The minimum absolute atomic E-state index is 0.114. The number of aliphatic carboxylic acids is 1. The Bertz CT molecular complexity index is 881. The molecule has 2 aromatic rings. The largest absolute Gasteiger partial charge is 0.484 e. The lowest BCUT2D eigenvalue weighted by molar-refractivity contribution is -0.136. The Labute approximate surface area is 168 Å². The Hall–Kier alpha value is -3.68. The number of ether oxygens (including phenoxy) is 1. The molecule has 0 unspecified atom stereocenters. The Morgan fingerprint density at radius 3 is 2.45 bits per heavy atom. The molecule has 8 nitrogen and oxygen atoms in total. The highest BCUT2D eigenvalue weighted by Crippen LogP contribution is 2.11. The number of carboxylic acid groups (broad SMARTS) is 1. The third-order valence-electron chi connectivity index (χ3n) is 3.80. The number of hydrazone groups is 1. The maximum Gasteiger partial charge on any atom is 0.303 e. The minimum atomic E-state index is -0.958. The molecular weight excluding hydrogens is 374 g/mol. The standard InChI is InChI=1S/C21H23N3O5/c1-15-6-5-9-17(12-15)29-14-20(26)22-13-19(25)24-23-18(10-11-21(27)28)16-7-3-2-4-8-16/h2-9,12H,10-11,13-14H2,1H3,(H,22,26)(H,24,25)(H,27,28)/b23-18-. The molecule has 152 valence electrons. The van der Waals surface area contributed by atoms with Crippen molar-refractivity contribution in [3.8, 4) is 5.75 Å². The summed E-state index contributed by atoms with van der Waals surface area (Å²) in [5.41, 5.74) is 4.51. The molecule has 8 heteroatoms. The maximum atomic E-state index is 12.0. The molecule has 0 saturated carbocycles. The molecular formula is C21H23N3O5. The van der Waals surface area contributed by atoms with Gasteiger partial charge >= 0.3 is 5.97 Å². The van der Waals surface area contributed by atoms with E-state index in [-0.39, 0.29) is 26.0 Å². The fourth-order valence-corrected chi connectivity index (χ4v) is 2.37. The zero-order valence-corrected chi connectivity index (χ0v) is 16.1. The van der Waals surface area contributed by atoms with E-state index in [1.54, 1.807) is 36.4 Å². The number of carbonyl (C=O) groups is 3. The van der Waals surface area contributed by atoms with Crippen LogP contribution in [0.4, 0.5) is 0 Å². The monoisotopic (exact) mass is 397 g/mol. The summed E-state index contributed by atoms with van der Waals surface area (Å²) in [7, 11) is 0. The van der Waals surface area contributed by atoms with Gasteiger partial charge in [0.05, 0.1) is 18.7 Å². The Balaban J connectivity index is 1.82. The van der Waals surface area contributed by atoms with E-state index in [4.69, 9.17) is 9.84 Å². The van der Waals surface area contributed by atoms with Crippen molar-refractivity contribution in [1.29, 1.82) is 0 Å². The van der Waals surface area contributed by atoms with Crippen molar-refractivity contribution in [2.75, 3.05) is 13.2 Å². The number of hydrogen-bond donors (Lipinski definition) is 3. The number of carbonyl (C=O) groups excluding carboxylic acids is 2. The molecule has 0 aliphatic heterocycles. The van der Waals surface area contributed by atoms with Crippen molar-refractivity contribution in [2.24, 2.45) is 5.10 Å². The topological polar surface area (TPSA) is 117 Å². The summed E-state index contributed by atoms with van der Waals surface area (Å²) in [6, 6.07) is 16.2. The quantitative estimate of drug-likeness (QED) is 0.418. The number of nitrogens with one attached hydrogen (secondary N) is 2. The summed E-state index contributed by atoms with van der Waals surface area (Å²) in [6.45, 7) is 1.42. The van der Waals surface area contributed by atoms with Gasteiger partial charge in [0, 0.05) is 6.42 Å². The van der Waals surface area contributed by atoms with Gasteiger partial charge in [0.25, 0.3) is 11.8 Å². The van der Waals surface area contributed by atoms with Crippen molar-refractivity contribution in [3.05, 3.63) is 65.7 Å². The first kappa shape index (κ1) is 21.6. The molecule has 2 rings (SSSR count). The first-order valence-electron chi connectivity index (χ1n) is 9.03. The lowest BCUT2D eigenvalue weighted by atomic mass is 10.1. The highest BCUT2D eigenvalue weighted by atomic mass is 16.5. The number of rotatable bonds is 10. The maximum absolute atomic E-state index is 12.0. The number of amides is 2. The summed E-state index contributed by atoms with van der Waals surface area (Å²) >= 11 is 0. The van der Waals surface area contributed by atoms with Crippen molar-refractivity contribution in [2.45, 2.75) is 19.8 Å². The minimum Gasteiger partial charge on any atom is -0.484 e. The Morgan fingerprint density at radius 1 is 1.00 bits per heavy atom. The molecule has 0 radical (unpaired) electrons. The molecule has 0 atom stereocenters.